The van der Waals surface area contributed by atoms with E-state index in [1.807, 2.05) is 45.9 Å². The summed E-state index contributed by atoms with van der Waals surface area (Å²) in [5.41, 5.74) is 1.61. The van der Waals surface area contributed by atoms with Crippen molar-refractivity contribution >= 4 is 35.1 Å². The molecule has 0 unspecified atom stereocenters. The Kier molecular flexibility index (Phi) is 10.1. The van der Waals surface area contributed by atoms with Crippen LogP contribution in [0.15, 0.2) is 36.7 Å². The molecule has 1 aromatic carbocycles. The van der Waals surface area contributed by atoms with Crippen LogP contribution >= 0.6 is 0 Å². The number of amides is 1. The molecule has 3 aromatic rings. The highest BCUT2D eigenvalue weighted by Gasteiger charge is 2.48. The van der Waals surface area contributed by atoms with E-state index in [1.165, 1.54) is 0 Å². The smallest absolute Gasteiger partial charge is 0.306 e. The second kappa shape index (κ2) is 14.4. The van der Waals surface area contributed by atoms with Crippen LogP contribution in [-0.2, 0) is 25.5 Å². The van der Waals surface area contributed by atoms with Crippen LogP contribution in [0.2, 0.25) is 0 Å². The molecule has 1 saturated carbocycles. The molecule has 2 bridgehead atoms. The molecule has 1 saturated heterocycles. The highest BCUT2D eigenvalue weighted by atomic mass is 16.5. The second-order valence-electron chi connectivity index (χ2n) is 14.4. The lowest BCUT2D eigenvalue weighted by molar-refractivity contribution is -0.153. The van der Waals surface area contributed by atoms with Crippen LogP contribution in [0.4, 0.5) is 5.95 Å². The number of carbonyl (C=O) groups excluding carboxylic acids is 3. The van der Waals surface area contributed by atoms with Crippen molar-refractivity contribution in [1.82, 2.24) is 24.8 Å². The van der Waals surface area contributed by atoms with E-state index in [2.05, 4.69) is 15.3 Å². The molecule has 12 heteroatoms. The molecule has 0 radical (unpaired) electrons. The van der Waals surface area contributed by atoms with Gasteiger partial charge < -0.3 is 29.2 Å². The molecule has 3 aliphatic rings. The molecule has 4 heterocycles. The number of hydrogen-bond acceptors (Lipinski definition) is 11. The predicted octanol–water partition coefficient (Wildman–Crippen LogP) is 4.80. The van der Waals surface area contributed by atoms with Crippen molar-refractivity contribution in [2.45, 2.75) is 90.9 Å². The summed E-state index contributed by atoms with van der Waals surface area (Å²) < 4.78 is 18.4. The number of aldehydes is 1. The SMILES string of the molecule is C[C@@H]1[C@@H]2CN(C(=O)[C@H](C(C)(C)C)CC(=O)O[C@@H]3C[C@H]3CCCCCc3nc4ccc(OCCNc5ncccn5)cc4nc3O2)[C@@H]1C=O. The molecule has 48 heavy (non-hydrogen) atoms. The molecule has 2 fully saturated rings. The van der Waals surface area contributed by atoms with Gasteiger partial charge in [-0.25, -0.2) is 19.9 Å². The van der Waals surface area contributed by atoms with Crippen molar-refractivity contribution in [3.8, 4) is 11.6 Å². The average molecular weight is 659 g/mol. The third-order valence-corrected chi connectivity index (χ3v) is 9.78. The van der Waals surface area contributed by atoms with Gasteiger partial charge >= 0.3 is 5.97 Å². The Labute approximate surface area is 281 Å². The number of nitrogens with one attached hydrogen (secondary N) is 1. The van der Waals surface area contributed by atoms with Gasteiger partial charge in [-0.1, -0.05) is 40.5 Å². The quantitative estimate of drug-likeness (QED) is 0.221. The third-order valence-electron chi connectivity index (χ3n) is 9.78. The van der Waals surface area contributed by atoms with Crippen molar-refractivity contribution in [1.29, 1.82) is 0 Å². The van der Waals surface area contributed by atoms with Gasteiger partial charge in [-0.2, -0.15) is 0 Å². The molecule has 1 aliphatic carbocycles. The van der Waals surface area contributed by atoms with Gasteiger partial charge in [0, 0.05) is 24.4 Å². The van der Waals surface area contributed by atoms with Gasteiger partial charge in [-0.3, -0.25) is 9.59 Å². The van der Waals surface area contributed by atoms with Crippen LogP contribution < -0.4 is 14.8 Å². The molecule has 1 amide bonds. The van der Waals surface area contributed by atoms with Crippen molar-refractivity contribution in [3.63, 3.8) is 0 Å². The lowest BCUT2D eigenvalue weighted by atomic mass is 9.77. The zero-order valence-electron chi connectivity index (χ0n) is 28.3. The van der Waals surface area contributed by atoms with Gasteiger partial charge in [0.05, 0.1) is 42.5 Å². The monoisotopic (exact) mass is 658 g/mol. The molecule has 1 N–H and O–H groups in total. The Morgan fingerprint density at radius 3 is 2.62 bits per heavy atom. The minimum atomic E-state index is -0.690. The van der Waals surface area contributed by atoms with E-state index in [9.17, 15) is 14.4 Å². The highest BCUT2D eigenvalue weighted by molar-refractivity contribution is 5.87. The summed E-state index contributed by atoms with van der Waals surface area (Å²) in [6.45, 7) is 8.87. The number of carbonyl (C=O) groups is 3. The van der Waals surface area contributed by atoms with Gasteiger partial charge in [0.1, 0.15) is 36.5 Å². The Bertz CT molecular complexity index is 1610. The summed E-state index contributed by atoms with van der Waals surface area (Å²) in [7, 11) is 0. The average Bonchev–Trinajstić information content (AvgIpc) is 3.72. The van der Waals surface area contributed by atoms with Crippen molar-refractivity contribution < 1.29 is 28.6 Å². The van der Waals surface area contributed by atoms with Crippen LogP contribution in [0.1, 0.15) is 71.9 Å². The number of nitrogens with zero attached hydrogens (tertiary/aromatic N) is 5. The number of ether oxygens (including phenoxy) is 3. The standard InChI is InChI=1S/C36H46N6O6/c1-22-29(21-43)42-20-31(22)48-33-27(10-7-5-6-9-23-17-30(23)47-32(44)19-25(34(42)45)36(2,3)4)40-26-12-11-24(18-28(26)41-33)46-16-15-39-35-37-13-8-14-38-35/h8,11-14,18,21-23,25,29-31H,5-7,9-10,15-17,19-20H2,1-4H3,(H,37,38,39)/t22-,23+,25+,29+,30+,31-/m0/s1. The maximum atomic E-state index is 14.1. The molecular weight excluding hydrogens is 612 g/mol. The van der Waals surface area contributed by atoms with Crippen molar-refractivity contribution in [2.75, 3.05) is 25.0 Å². The highest BCUT2D eigenvalue weighted by Crippen LogP contribution is 2.40. The number of anilines is 1. The van der Waals surface area contributed by atoms with Crippen LogP contribution in [-0.4, -0.2) is 80.9 Å². The van der Waals surface area contributed by atoms with E-state index >= 15 is 0 Å². The minimum absolute atomic E-state index is 0.0195. The Morgan fingerprint density at radius 2 is 1.85 bits per heavy atom. The first-order chi connectivity index (χ1) is 23.1. The van der Waals surface area contributed by atoms with E-state index in [0.29, 0.717) is 48.6 Å². The topological polar surface area (TPSA) is 146 Å². The number of esters is 1. The summed E-state index contributed by atoms with van der Waals surface area (Å²) in [5, 5.41) is 3.13. The number of aromatic nitrogens is 4. The summed E-state index contributed by atoms with van der Waals surface area (Å²) >= 11 is 0. The summed E-state index contributed by atoms with van der Waals surface area (Å²) in [5.74, 6) is 0.448. The zero-order valence-corrected chi connectivity index (χ0v) is 28.3. The molecule has 2 aliphatic heterocycles. The number of benzene rings is 1. The van der Waals surface area contributed by atoms with Crippen molar-refractivity contribution in [2.24, 2.45) is 23.2 Å². The summed E-state index contributed by atoms with van der Waals surface area (Å²) in [6, 6.07) is 6.70. The van der Waals surface area contributed by atoms with E-state index < -0.39 is 23.5 Å². The fraction of sp³-hybridized carbons (Fsp3) is 0.583. The van der Waals surface area contributed by atoms with Gasteiger partial charge in [-0.05, 0) is 55.2 Å². The number of hydrogen-bond donors (Lipinski definition) is 1. The lowest BCUT2D eigenvalue weighted by Crippen LogP contribution is -2.46. The van der Waals surface area contributed by atoms with E-state index in [0.717, 1.165) is 49.6 Å². The van der Waals surface area contributed by atoms with E-state index in [-0.39, 0.29) is 36.9 Å². The maximum absolute atomic E-state index is 14.1. The molecule has 0 spiro atoms. The lowest BCUT2D eigenvalue weighted by Gasteiger charge is -2.34. The van der Waals surface area contributed by atoms with E-state index in [1.54, 1.807) is 23.4 Å². The fourth-order valence-electron chi connectivity index (χ4n) is 6.72. The number of aryl methyl sites for hydroxylation is 1. The summed E-state index contributed by atoms with van der Waals surface area (Å²) in [6.07, 6.45) is 9.08. The molecule has 6 atom stereocenters. The predicted molar refractivity (Wildman–Crippen MR) is 178 cm³/mol. The third kappa shape index (κ3) is 7.85. The first-order valence-corrected chi connectivity index (χ1v) is 17.2. The largest absolute Gasteiger partial charge is 0.492 e. The van der Waals surface area contributed by atoms with Gasteiger partial charge in [-0.15, -0.1) is 0 Å². The van der Waals surface area contributed by atoms with Gasteiger partial charge in [0.2, 0.25) is 17.7 Å². The van der Waals surface area contributed by atoms with Crippen LogP contribution in [0, 0.1) is 23.2 Å². The second-order valence-corrected chi connectivity index (χ2v) is 14.4. The molecule has 12 nitrogen and oxygen atoms in total. The first-order valence-electron chi connectivity index (χ1n) is 17.2. The maximum Gasteiger partial charge on any atom is 0.306 e. The van der Waals surface area contributed by atoms with E-state index in [4.69, 9.17) is 24.2 Å². The zero-order chi connectivity index (χ0) is 33.8. The van der Waals surface area contributed by atoms with Gasteiger partial charge in [0.25, 0.3) is 0 Å². The van der Waals surface area contributed by atoms with Crippen LogP contribution in [0.3, 0.4) is 0 Å². The van der Waals surface area contributed by atoms with Crippen molar-refractivity contribution in [3.05, 3.63) is 42.4 Å². The number of fused-ring (bicyclic) bond motifs is 5. The Balaban J connectivity index is 1.25. The first kappa shape index (κ1) is 33.5. The molecule has 6 rings (SSSR count). The Morgan fingerprint density at radius 1 is 1.04 bits per heavy atom. The summed E-state index contributed by atoms with van der Waals surface area (Å²) in [4.78, 5) is 59.4. The molecular formula is C36H46N6O6. The van der Waals surface area contributed by atoms with Crippen LogP contribution in [0.5, 0.6) is 11.6 Å². The minimum Gasteiger partial charge on any atom is -0.492 e. The molecule has 256 valence electrons. The van der Waals surface area contributed by atoms with Crippen LogP contribution in [0.25, 0.3) is 11.0 Å². The normalized spacial score (nSPS) is 26.7. The molecule has 2 aromatic heterocycles. The van der Waals surface area contributed by atoms with Gasteiger partial charge in [0.15, 0.2) is 0 Å². The Hall–Kier alpha value is -4.35. The number of rotatable bonds is 6. The fourth-order valence-corrected chi connectivity index (χ4v) is 6.72.